The first-order valence-corrected chi connectivity index (χ1v) is 6.95. The molecule has 0 aliphatic carbocycles. The maximum atomic E-state index is 13.4. The molecule has 1 amide bonds. The van der Waals surface area contributed by atoms with Gasteiger partial charge < -0.3 is 10.6 Å². The number of carbonyl (C=O) groups excluding carboxylic acids is 1. The van der Waals surface area contributed by atoms with Gasteiger partial charge in [-0.25, -0.2) is 9.37 Å². The largest absolute Gasteiger partial charge is 0.369 e. The third-order valence-electron chi connectivity index (χ3n) is 2.90. The van der Waals surface area contributed by atoms with Gasteiger partial charge in [0.05, 0.1) is 17.3 Å². The van der Waals surface area contributed by atoms with Crippen molar-refractivity contribution in [3.05, 3.63) is 23.6 Å². The predicted octanol–water partition coefficient (Wildman–Crippen LogP) is 2.82. The lowest BCUT2D eigenvalue weighted by Gasteiger charge is -2.20. The van der Waals surface area contributed by atoms with Crippen LogP contribution in [0.15, 0.2) is 12.3 Å². The van der Waals surface area contributed by atoms with Crippen molar-refractivity contribution in [3.8, 4) is 12.3 Å². The summed E-state index contributed by atoms with van der Waals surface area (Å²) in [5, 5.41) is 5.73. The van der Waals surface area contributed by atoms with Crippen molar-refractivity contribution in [1.82, 2.24) is 10.3 Å². The number of anilines is 1. The van der Waals surface area contributed by atoms with E-state index in [9.17, 15) is 9.18 Å². The van der Waals surface area contributed by atoms with Gasteiger partial charge in [0.25, 0.3) is 5.91 Å². The van der Waals surface area contributed by atoms with Gasteiger partial charge in [0.1, 0.15) is 11.6 Å². The number of rotatable bonds is 6. The van der Waals surface area contributed by atoms with E-state index in [2.05, 4.69) is 35.4 Å². The van der Waals surface area contributed by atoms with Gasteiger partial charge >= 0.3 is 0 Å². The van der Waals surface area contributed by atoms with Crippen LogP contribution in [0.3, 0.4) is 0 Å². The number of amides is 1. The summed E-state index contributed by atoms with van der Waals surface area (Å²) >= 11 is 0. The molecule has 114 valence electrons. The molecular formula is C16H22FN3O. The highest BCUT2D eigenvalue weighted by Crippen LogP contribution is 2.15. The Morgan fingerprint density at radius 3 is 2.76 bits per heavy atom. The van der Waals surface area contributed by atoms with Crippen LogP contribution in [-0.4, -0.2) is 23.0 Å². The van der Waals surface area contributed by atoms with E-state index in [1.807, 2.05) is 0 Å². The number of carbonyl (C=O) groups is 1. The van der Waals surface area contributed by atoms with E-state index in [4.69, 9.17) is 6.42 Å². The van der Waals surface area contributed by atoms with Crippen LogP contribution in [0.4, 0.5) is 10.2 Å². The maximum Gasteiger partial charge on any atom is 0.256 e. The second kappa shape index (κ2) is 7.07. The number of pyridine rings is 1. The number of nitrogens with one attached hydrogen (secondary N) is 2. The smallest absolute Gasteiger partial charge is 0.256 e. The van der Waals surface area contributed by atoms with Gasteiger partial charge in [0, 0.05) is 6.54 Å². The number of hydrogen-bond acceptors (Lipinski definition) is 3. The fraction of sp³-hybridized carbons (Fsp3) is 0.500. The number of aromatic nitrogens is 1. The van der Waals surface area contributed by atoms with Crippen molar-refractivity contribution in [2.45, 2.75) is 39.7 Å². The normalized spacial score (nSPS) is 11.1. The Morgan fingerprint density at radius 1 is 1.52 bits per heavy atom. The third kappa shape index (κ3) is 5.42. The lowest BCUT2D eigenvalue weighted by atomic mass is 10.1. The van der Waals surface area contributed by atoms with Crippen molar-refractivity contribution in [2.75, 3.05) is 11.9 Å². The molecule has 0 radical (unpaired) electrons. The summed E-state index contributed by atoms with van der Waals surface area (Å²) in [6, 6.07) is 1.16. The van der Waals surface area contributed by atoms with Crippen LogP contribution >= 0.6 is 0 Å². The molecule has 4 nitrogen and oxygen atoms in total. The third-order valence-corrected chi connectivity index (χ3v) is 2.90. The van der Waals surface area contributed by atoms with Gasteiger partial charge in [-0.05, 0) is 32.3 Å². The molecule has 0 spiro atoms. The summed E-state index contributed by atoms with van der Waals surface area (Å²) in [6.07, 6.45) is 7.35. The van der Waals surface area contributed by atoms with E-state index in [1.54, 1.807) is 13.8 Å². The monoisotopic (exact) mass is 291 g/mol. The molecule has 5 heteroatoms. The van der Waals surface area contributed by atoms with Crippen molar-refractivity contribution >= 4 is 11.7 Å². The summed E-state index contributed by atoms with van der Waals surface area (Å²) in [5.74, 6) is 2.35. The summed E-state index contributed by atoms with van der Waals surface area (Å²) in [5.41, 5.74) is -0.652. The topological polar surface area (TPSA) is 54.0 Å². The minimum atomic E-state index is -0.807. The average molecular weight is 291 g/mol. The zero-order valence-corrected chi connectivity index (χ0v) is 13.0. The molecule has 0 bridgehead atoms. The van der Waals surface area contributed by atoms with Crippen LogP contribution in [0.25, 0.3) is 0 Å². The predicted molar refractivity (Wildman–Crippen MR) is 82.5 cm³/mol. The number of halogens is 1. The average Bonchev–Trinajstić information content (AvgIpc) is 2.39. The Hall–Kier alpha value is -2.09. The number of terminal acetylenes is 1. The highest BCUT2D eigenvalue weighted by molar-refractivity contribution is 5.99. The lowest BCUT2D eigenvalue weighted by Crippen LogP contribution is -2.42. The fourth-order valence-electron chi connectivity index (χ4n) is 1.62. The molecule has 0 atom stereocenters. The van der Waals surface area contributed by atoms with Crippen LogP contribution in [0, 0.1) is 24.1 Å². The Labute approximate surface area is 125 Å². The first-order valence-electron chi connectivity index (χ1n) is 6.95. The molecule has 0 saturated carbocycles. The molecule has 1 rings (SSSR count). The van der Waals surface area contributed by atoms with Gasteiger partial charge in [0.2, 0.25) is 0 Å². The highest BCUT2D eigenvalue weighted by atomic mass is 19.1. The highest BCUT2D eigenvalue weighted by Gasteiger charge is 2.21. The molecule has 0 unspecified atom stereocenters. The zero-order chi connectivity index (χ0) is 16.0. The molecule has 21 heavy (non-hydrogen) atoms. The van der Waals surface area contributed by atoms with Crippen LogP contribution in [-0.2, 0) is 0 Å². The molecule has 0 fully saturated rings. The first-order chi connectivity index (χ1) is 9.75. The van der Waals surface area contributed by atoms with Gasteiger partial charge in [-0.3, -0.25) is 4.79 Å². The van der Waals surface area contributed by atoms with E-state index in [-0.39, 0.29) is 5.56 Å². The van der Waals surface area contributed by atoms with Gasteiger partial charge in [0.15, 0.2) is 0 Å². The molecule has 1 heterocycles. The SMILES string of the molecule is C#CC(C)(C)NC(=O)c1cc(F)cnc1NCCC(C)C. The second-order valence-electron chi connectivity index (χ2n) is 5.88. The van der Waals surface area contributed by atoms with Crippen molar-refractivity contribution < 1.29 is 9.18 Å². The van der Waals surface area contributed by atoms with E-state index in [0.29, 0.717) is 18.3 Å². The van der Waals surface area contributed by atoms with E-state index in [0.717, 1.165) is 18.7 Å². The molecular weight excluding hydrogens is 269 g/mol. The Bertz CT molecular complexity index is 547. The van der Waals surface area contributed by atoms with E-state index >= 15 is 0 Å². The molecule has 1 aromatic rings. The van der Waals surface area contributed by atoms with Gasteiger partial charge in [-0.1, -0.05) is 19.8 Å². The minimum Gasteiger partial charge on any atom is -0.369 e. The number of hydrogen-bond donors (Lipinski definition) is 2. The molecule has 0 aliphatic heterocycles. The Morgan fingerprint density at radius 2 is 2.19 bits per heavy atom. The lowest BCUT2D eigenvalue weighted by molar-refractivity contribution is 0.0930. The molecule has 1 aromatic heterocycles. The minimum absolute atomic E-state index is 0.155. The van der Waals surface area contributed by atoms with Crippen LogP contribution in [0.1, 0.15) is 44.5 Å². The van der Waals surface area contributed by atoms with Crippen molar-refractivity contribution in [3.63, 3.8) is 0 Å². The molecule has 0 aliphatic rings. The van der Waals surface area contributed by atoms with Crippen molar-refractivity contribution in [1.29, 1.82) is 0 Å². The van der Waals surface area contributed by atoms with Crippen LogP contribution in [0.5, 0.6) is 0 Å². The molecule has 0 aromatic carbocycles. The summed E-state index contributed by atoms with van der Waals surface area (Å²) in [6.45, 7) is 8.26. The quantitative estimate of drug-likeness (QED) is 0.792. The standard InChI is InChI=1S/C16H22FN3O/c1-6-16(4,5)20-15(21)13-9-12(17)10-19-14(13)18-8-7-11(2)3/h1,9-11H,7-8H2,2-5H3,(H,18,19)(H,20,21). The number of nitrogens with zero attached hydrogens (tertiary/aromatic N) is 1. The Balaban J connectivity index is 2.91. The summed E-state index contributed by atoms with van der Waals surface area (Å²) < 4.78 is 13.4. The molecule has 0 saturated heterocycles. The molecule has 2 N–H and O–H groups in total. The van der Waals surface area contributed by atoms with Gasteiger partial charge in [-0.15, -0.1) is 6.42 Å². The maximum absolute atomic E-state index is 13.4. The summed E-state index contributed by atoms with van der Waals surface area (Å²) in [7, 11) is 0. The fourth-order valence-corrected chi connectivity index (χ4v) is 1.62. The Kier molecular flexibility index (Phi) is 5.71. The van der Waals surface area contributed by atoms with Crippen LogP contribution in [0.2, 0.25) is 0 Å². The van der Waals surface area contributed by atoms with E-state index in [1.165, 1.54) is 0 Å². The van der Waals surface area contributed by atoms with Crippen LogP contribution < -0.4 is 10.6 Å². The summed E-state index contributed by atoms with van der Waals surface area (Å²) in [4.78, 5) is 16.2. The zero-order valence-electron chi connectivity index (χ0n) is 13.0. The van der Waals surface area contributed by atoms with E-state index < -0.39 is 17.3 Å². The first kappa shape index (κ1) is 17.0. The second-order valence-corrected chi connectivity index (χ2v) is 5.88. The van der Waals surface area contributed by atoms with Gasteiger partial charge in [-0.2, -0.15) is 0 Å². The van der Waals surface area contributed by atoms with Crippen molar-refractivity contribution in [2.24, 2.45) is 5.92 Å².